The van der Waals surface area contributed by atoms with Crippen molar-refractivity contribution < 1.29 is 4.74 Å². The Morgan fingerprint density at radius 1 is 1.28 bits per heavy atom. The lowest BCUT2D eigenvalue weighted by molar-refractivity contribution is 0.267. The quantitative estimate of drug-likeness (QED) is 0.765. The Balaban J connectivity index is 2.66. The first-order valence-electron chi connectivity index (χ1n) is 6.48. The zero-order valence-electron chi connectivity index (χ0n) is 11.5. The van der Waals surface area contributed by atoms with Crippen LogP contribution >= 0.6 is 12.2 Å². The molecule has 1 atom stereocenters. The molecule has 0 radical (unpaired) electrons. The zero-order valence-corrected chi connectivity index (χ0v) is 12.3. The average molecular weight is 265 g/mol. The van der Waals surface area contributed by atoms with Crippen molar-refractivity contribution in [3.8, 4) is 5.75 Å². The molecule has 3 heteroatoms. The second kappa shape index (κ2) is 7.37. The van der Waals surface area contributed by atoms with Crippen molar-refractivity contribution in [2.45, 2.75) is 33.6 Å². The van der Waals surface area contributed by atoms with Crippen molar-refractivity contribution in [1.82, 2.24) is 0 Å². The maximum absolute atomic E-state index is 5.84. The van der Waals surface area contributed by atoms with Gasteiger partial charge in [-0.15, -0.1) is 0 Å². The molecular formula is C15H23NOS. The third-order valence-electron chi connectivity index (χ3n) is 2.66. The summed E-state index contributed by atoms with van der Waals surface area (Å²) in [4.78, 5) is 0.586. The Bertz CT molecular complexity index is 390. The van der Waals surface area contributed by atoms with Crippen LogP contribution in [0.4, 0.5) is 0 Å². The van der Waals surface area contributed by atoms with Gasteiger partial charge in [0.2, 0.25) is 0 Å². The SMILES string of the molecule is CC(C)COc1ccccc1CC(C)CC(N)=S. The second-order valence-corrected chi connectivity index (χ2v) is 5.82. The number of benzene rings is 1. The first kappa shape index (κ1) is 15.0. The molecule has 0 aromatic heterocycles. The maximum atomic E-state index is 5.84. The Labute approximate surface area is 116 Å². The van der Waals surface area contributed by atoms with Gasteiger partial charge in [0.05, 0.1) is 11.6 Å². The van der Waals surface area contributed by atoms with Crippen LogP contribution in [0.15, 0.2) is 24.3 Å². The standard InChI is InChI=1S/C15H23NOS/c1-11(2)10-17-14-7-5-4-6-13(14)8-12(3)9-15(16)18/h4-7,11-12H,8-10H2,1-3H3,(H2,16,18). The number of rotatable bonds is 7. The van der Waals surface area contributed by atoms with Gasteiger partial charge in [-0.2, -0.15) is 0 Å². The molecule has 0 saturated heterocycles. The van der Waals surface area contributed by atoms with E-state index in [4.69, 9.17) is 22.7 Å². The highest BCUT2D eigenvalue weighted by Gasteiger charge is 2.10. The number of hydrogen-bond acceptors (Lipinski definition) is 2. The summed E-state index contributed by atoms with van der Waals surface area (Å²) in [5.41, 5.74) is 6.82. The highest BCUT2D eigenvalue weighted by molar-refractivity contribution is 7.80. The number of ether oxygens (including phenoxy) is 1. The summed E-state index contributed by atoms with van der Waals surface area (Å²) < 4.78 is 5.84. The normalized spacial score (nSPS) is 12.4. The molecule has 1 aromatic rings. The number of thiocarbonyl (C=S) groups is 1. The molecule has 0 fully saturated rings. The van der Waals surface area contributed by atoms with E-state index in [0.29, 0.717) is 16.8 Å². The summed E-state index contributed by atoms with van der Waals surface area (Å²) in [6.45, 7) is 7.22. The first-order valence-corrected chi connectivity index (χ1v) is 6.89. The van der Waals surface area contributed by atoms with Crippen molar-refractivity contribution >= 4 is 17.2 Å². The Hall–Kier alpha value is -1.09. The van der Waals surface area contributed by atoms with E-state index in [1.807, 2.05) is 18.2 Å². The molecule has 2 nitrogen and oxygen atoms in total. The summed E-state index contributed by atoms with van der Waals surface area (Å²) in [5, 5.41) is 0. The Kier molecular flexibility index (Phi) is 6.13. The van der Waals surface area contributed by atoms with Gasteiger partial charge in [-0.3, -0.25) is 0 Å². The fourth-order valence-electron chi connectivity index (χ4n) is 1.86. The van der Waals surface area contributed by atoms with E-state index < -0.39 is 0 Å². The van der Waals surface area contributed by atoms with Crippen molar-refractivity contribution in [2.75, 3.05) is 6.61 Å². The molecule has 0 aliphatic carbocycles. The van der Waals surface area contributed by atoms with Crippen LogP contribution < -0.4 is 10.5 Å². The summed E-state index contributed by atoms with van der Waals surface area (Å²) in [7, 11) is 0. The van der Waals surface area contributed by atoms with Gasteiger partial charge >= 0.3 is 0 Å². The van der Waals surface area contributed by atoms with Gasteiger partial charge in [0.15, 0.2) is 0 Å². The van der Waals surface area contributed by atoms with E-state index in [1.54, 1.807) is 0 Å². The zero-order chi connectivity index (χ0) is 13.5. The molecule has 100 valence electrons. The predicted molar refractivity (Wildman–Crippen MR) is 81.0 cm³/mol. The van der Waals surface area contributed by atoms with Crippen LogP contribution in [0.5, 0.6) is 5.75 Å². The molecular weight excluding hydrogens is 242 g/mol. The van der Waals surface area contributed by atoms with Crippen molar-refractivity contribution in [1.29, 1.82) is 0 Å². The third-order valence-corrected chi connectivity index (χ3v) is 2.83. The number of para-hydroxylation sites is 1. The van der Waals surface area contributed by atoms with Gasteiger partial charge in [-0.05, 0) is 29.9 Å². The van der Waals surface area contributed by atoms with Crippen molar-refractivity contribution in [3.63, 3.8) is 0 Å². The van der Waals surface area contributed by atoms with Crippen LogP contribution in [0, 0.1) is 11.8 Å². The van der Waals surface area contributed by atoms with E-state index in [9.17, 15) is 0 Å². The van der Waals surface area contributed by atoms with Gasteiger partial charge in [-0.25, -0.2) is 0 Å². The van der Waals surface area contributed by atoms with Gasteiger partial charge in [0, 0.05) is 6.42 Å². The first-order chi connectivity index (χ1) is 8.49. The van der Waals surface area contributed by atoms with E-state index in [2.05, 4.69) is 26.8 Å². The van der Waals surface area contributed by atoms with Crippen LogP contribution in [0.3, 0.4) is 0 Å². The maximum Gasteiger partial charge on any atom is 0.122 e. The van der Waals surface area contributed by atoms with E-state index in [-0.39, 0.29) is 0 Å². The lowest BCUT2D eigenvalue weighted by Gasteiger charge is -2.16. The minimum atomic E-state index is 0.450. The molecule has 0 aliphatic rings. The topological polar surface area (TPSA) is 35.2 Å². The number of nitrogens with two attached hydrogens (primary N) is 1. The average Bonchev–Trinajstić information content (AvgIpc) is 2.26. The van der Waals surface area contributed by atoms with Crippen molar-refractivity contribution in [3.05, 3.63) is 29.8 Å². The van der Waals surface area contributed by atoms with Crippen LogP contribution in [0.25, 0.3) is 0 Å². The summed E-state index contributed by atoms with van der Waals surface area (Å²) in [6, 6.07) is 8.21. The molecule has 0 heterocycles. The molecule has 0 spiro atoms. The van der Waals surface area contributed by atoms with E-state index in [1.165, 1.54) is 5.56 Å². The van der Waals surface area contributed by atoms with Gasteiger partial charge in [0.1, 0.15) is 5.75 Å². The smallest absolute Gasteiger partial charge is 0.122 e. The fraction of sp³-hybridized carbons (Fsp3) is 0.533. The number of hydrogen-bond donors (Lipinski definition) is 1. The summed E-state index contributed by atoms with van der Waals surface area (Å²) in [6.07, 6.45) is 1.74. The molecule has 0 bridgehead atoms. The Morgan fingerprint density at radius 2 is 1.94 bits per heavy atom. The van der Waals surface area contributed by atoms with E-state index in [0.717, 1.165) is 25.2 Å². The highest BCUT2D eigenvalue weighted by atomic mass is 32.1. The summed E-state index contributed by atoms with van der Waals surface area (Å²) in [5.74, 6) is 1.97. The lowest BCUT2D eigenvalue weighted by Crippen LogP contribution is -2.14. The molecule has 1 aromatic carbocycles. The molecule has 2 N–H and O–H groups in total. The molecule has 18 heavy (non-hydrogen) atoms. The molecule has 0 saturated carbocycles. The summed E-state index contributed by atoms with van der Waals surface area (Å²) >= 11 is 4.95. The third kappa shape index (κ3) is 5.50. The monoisotopic (exact) mass is 265 g/mol. The predicted octanol–water partition coefficient (Wildman–Crippen LogP) is 3.58. The van der Waals surface area contributed by atoms with Gasteiger partial charge in [-0.1, -0.05) is 51.2 Å². The van der Waals surface area contributed by atoms with Crippen molar-refractivity contribution in [2.24, 2.45) is 17.6 Å². The second-order valence-electron chi connectivity index (χ2n) is 5.29. The highest BCUT2D eigenvalue weighted by Crippen LogP contribution is 2.23. The van der Waals surface area contributed by atoms with E-state index >= 15 is 0 Å². The largest absolute Gasteiger partial charge is 0.493 e. The Morgan fingerprint density at radius 3 is 2.56 bits per heavy atom. The molecule has 1 unspecified atom stereocenters. The minimum Gasteiger partial charge on any atom is -0.493 e. The molecule has 0 aliphatic heterocycles. The van der Waals surface area contributed by atoms with Crippen LogP contribution in [-0.2, 0) is 6.42 Å². The van der Waals surface area contributed by atoms with Crippen LogP contribution in [0.1, 0.15) is 32.8 Å². The van der Waals surface area contributed by atoms with Gasteiger partial charge in [0.25, 0.3) is 0 Å². The van der Waals surface area contributed by atoms with Crippen LogP contribution in [-0.4, -0.2) is 11.6 Å². The fourth-order valence-corrected chi connectivity index (χ4v) is 2.15. The van der Waals surface area contributed by atoms with Crippen LogP contribution in [0.2, 0.25) is 0 Å². The molecule has 0 amide bonds. The molecule has 1 rings (SSSR count). The van der Waals surface area contributed by atoms with Gasteiger partial charge < -0.3 is 10.5 Å². The lowest BCUT2D eigenvalue weighted by atomic mass is 9.97. The minimum absolute atomic E-state index is 0.450.